The van der Waals surface area contributed by atoms with E-state index in [1.165, 1.54) is 0 Å². The highest BCUT2D eigenvalue weighted by molar-refractivity contribution is 5.94. The van der Waals surface area contributed by atoms with Crippen molar-refractivity contribution in [2.24, 2.45) is 0 Å². The number of carbonyl (C=O) groups is 1. The zero-order valence-corrected chi connectivity index (χ0v) is 15.9. The third-order valence-corrected chi connectivity index (χ3v) is 4.66. The molecule has 0 saturated carbocycles. The quantitative estimate of drug-likeness (QED) is 0.655. The fourth-order valence-corrected chi connectivity index (χ4v) is 3.21. The summed E-state index contributed by atoms with van der Waals surface area (Å²) >= 11 is 0. The van der Waals surface area contributed by atoms with E-state index in [1.807, 2.05) is 23.6 Å². The predicted molar refractivity (Wildman–Crippen MR) is 106 cm³/mol. The van der Waals surface area contributed by atoms with Gasteiger partial charge < -0.3 is 14.6 Å². The Morgan fingerprint density at radius 3 is 2.74 bits per heavy atom. The molecule has 1 aliphatic rings. The molecule has 1 aliphatic heterocycles. The minimum absolute atomic E-state index is 0.0668. The first-order chi connectivity index (χ1) is 13.1. The number of nitrogens with zero attached hydrogens (tertiary/aromatic N) is 2. The maximum atomic E-state index is 12.8. The normalized spacial score (nSPS) is 14.6. The molecule has 6 nitrogen and oxygen atoms in total. The number of piperazine rings is 1. The number of hydrogen-bond donors (Lipinski definition) is 1. The van der Waals surface area contributed by atoms with Crippen LogP contribution in [-0.4, -0.2) is 54.8 Å². The first-order valence-corrected chi connectivity index (χ1v) is 9.40. The van der Waals surface area contributed by atoms with E-state index >= 15 is 0 Å². The van der Waals surface area contributed by atoms with Crippen molar-refractivity contribution in [3.05, 3.63) is 45.7 Å². The molecule has 3 rings (SSSR count). The number of pyridine rings is 1. The molecule has 0 bridgehead atoms. The van der Waals surface area contributed by atoms with Crippen LogP contribution >= 0.6 is 0 Å². The van der Waals surface area contributed by atoms with Crippen molar-refractivity contribution in [3.63, 3.8) is 0 Å². The summed E-state index contributed by atoms with van der Waals surface area (Å²) < 4.78 is 6.92. The average Bonchev–Trinajstić information content (AvgIpc) is 2.69. The van der Waals surface area contributed by atoms with Gasteiger partial charge in [-0.2, -0.15) is 0 Å². The van der Waals surface area contributed by atoms with Crippen molar-refractivity contribution in [1.82, 2.24) is 14.8 Å². The largest absolute Gasteiger partial charge is 0.462 e. The number of carbonyl (C=O) groups excluding carboxylic acids is 1. The van der Waals surface area contributed by atoms with Crippen LogP contribution < -0.4 is 10.7 Å². The lowest BCUT2D eigenvalue weighted by molar-refractivity contribution is 0.0524. The van der Waals surface area contributed by atoms with Gasteiger partial charge in [-0.25, -0.2) is 4.79 Å². The Balaban J connectivity index is 1.94. The van der Waals surface area contributed by atoms with Gasteiger partial charge in [-0.05, 0) is 32.0 Å². The summed E-state index contributed by atoms with van der Waals surface area (Å²) in [5, 5.41) is 3.82. The van der Waals surface area contributed by atoms with E-state index in [-0.39, 0.29) is 17.6 Å². The van der Waals surface area contributed by atoms with Crippen LogP contribution in [0.4, 0.5) is 0 Å². The molecule has 0 aliphatic carbocycles. The number of benzene rings is 1. The van der Waals surface area contributed by atoms with Crippen molar-refractivity contribution in [2.45, 2.75) is 20.4 Å². The minimum atomic E-state index is -0.582. The number of fused-ring (bicyclic) bond motifs is 1. The van der Waals surface area contributed by atoms with Gasteiger partial charge in [-0.15, -0.1) is 0 Å². The zero-order chi connectivity index (χ0) is 19.2. The summed E-state index contributed by atoms with van der Waals surface area (Å²) in [6.07, 6.45) is 1.58. The maximum Gasteiger partial charge on any atom is 0.343 e. The maximum absolute atomic E-state index is 12.8. The first-order valence-electron chi connectivity index (χ1n) is 9.40. The van der Waals surface area contributed by atoms with Gasteiger partial charge in [0.05, 0.1) is 18.7 Å². The molecular weight excluding hydrogens is 342 g/mol. The lowest BCUT2D eigenvalue weighted by Crippen LogP contribution is -2.43. The number of ether oxygens (including phenoxy) is 1. The van der Waals surface area contributed by atoms with Crippen LogP contribution in [0.2, 0.25) is 0 Å². The van der Waals surface area contributed by atoms with Crippen molar-refractivity contribution >= 4 is 16.9 Å². The van der Waals surface area contributed by atoms with Crippen molar-refractivity contribution in [3.8, 4) is 11.8 Å². The van der Waals surface area contributed by atoms with E-state index < -0.39 is 5.97 Å². The van der Waals surface area contributed by atoms with Gasteiger partial charge in [-0.1, -0.05) is 11.8 Å². The molecule has 1 aromatic heterocycles. The highest BCUT2D eigenvalue weighted by atomic mass is 16.5. The van der Waals surface area contributed by atoms with Crippen molar-refractivity contribution < 1.29 is 9.53 Å². The number of nitrogens with one attached hydrogen (secondary N) is 1. The van der Waals surface area contributed by atoms with Crippen LogP contribution in [0.3, 0.4) is 0 Å². The van der Waals surface area contributed by atoms with Gasteiger partial charge in [0.15, 0.2) is 0 Å². The molecule has 1 aromatic carbocycles. The van der Waals surface area contributed by atoms with Crippen LogP contribution in [0.15, 0.2) is 29.2 Å². The number of esters is 1. The summed E-state index contributed by atoms with van der Waals surface area (Å²) in [7, 11) is 0. The fraction of sp³-hybridized carbons (Fsp3) is 0.429. The Morgan fingerprint density at radius 1 is 1.26 bits per heavy atom. The second kappa shape index (κ2) is 8.85. The number of aryl methyl sites for hydroxylation is 1. The molecule has 0 spiro atoms. The molecular formula is C21H25N3O3. The van der Waals surface area contributed by atoms with Gasteiger partial charge in [0.1, 0.15) is 5.56 Å². The van der Waals surface area contributed by atoms with E-state index in [9.17, 15) is 9.59 Å². The lowest BCUT2D eigenvalue weighted by Gasteiger charge is -2.24. The Labute approximate surface area is 159 Å². The summed E-state index contributed by atoms with van der Waals surface area (Å²) in [5.41, 5.74) is 1.33. The van der Waals surface area contributed by atoms with Crippen LogP contribution in [0, 0.1) is 11.8 Å². The Bertz CT molecular complexity index is 947. The van der Waals surface area contributed by atoms with Crippen LogP contribution in [-0.2, 0) is 11.3 Å². The van der Waals surface area contributed by atoms with Crippen molar-refractivity contribution in [2.75, 3.05) is 39.3 Å². The second-order valence-electron chi connectivity index (χ2n) is 6.44. The summed E-state index contributed by atoms with van der Waals surface area (Å²) in [5.74, 6) is 5.75. The molecule has 0 amide bonds. The van der Waals surface area contributed by atoms with E-state index in [4.69, 9.17) is 4.74 Å². The second-order valence-corrected chi connectivity index (χ2v) is 6.44. The monoisotopic (exact) mass is 367 g/mol. The highest BCUT2D eigenvalue weighted by Gasteiger charge is 2.16. The highest BCUT2D eigenvalue weighted by Crippen LogP contribution is 2.15. The van der Waals surface area contributed by atoms with Gasteiger partial charge in [-0.3, -0.25) is 9.69 Å². The molecule has 0 unspecified atom stereocenters. The topological polar surface area (TPSA) is 63.6 Å². The van der Waals surface area contributed by atoms with E-state index in [0.717, 1.165) is 37.3 Å². The van der Waals surface area contributed by atoms with Crippen LogP contribution in [0.5, 0.6) is 0 Å². The van der Waals surface area contributed by atoms with Crippen LogP contribution in [0.25, 0.3) is 10.9 Å². The van der Waals surface area contributed by atoms with E-state index in [0.29, 0.717) is 18.5 Å². The van der Waals surface area contributed by atoms with Crippen LogP contribution in [0.1, 0.15) is 29.8 Å². The summed E-state index contributed by atoms with van der Waals surface area (Å²) in [4.78, 5) is 27.2. The standard InChI is InChI=1S/C21H25N3O3/c1-3-24-15-18(21(26)27-4-2)20(25)17-14-16(7-8-19(17)24)6-5-11-23-12-9-22-10-13-23/h7-8,14-15,22H,3-4,9-13H2,1-2H3. The number of aromatic nitrogens is 1. The smallest absolute Gasteiger partial charge is 0.343 e. The summed E-state index contributed by atoms with van der Waals surface area (Å²) in [6, 6.07) is 5.59. The molecule has 6 heteroatoms. The van der Waals surface area contributed by atoms with Gasteiger partial charge >= 0.3 is 5.97 Å². The predicted octanol–water partition coefficient (Wildman–Crippen LogP) is 1.45. The molecule has 1 N–H and O–H groups in total. The molecule has 0 radical (unpaired) electrons. The number of rotatable bonds is 4. The molecule has 1 fully saturated rings. The number of hydrogen-bond acceptors (Lipinski definition) is 5. The molecule has 1 saturated heterocycles. The van der Waals surface area contributed by atoms with E-state index in [2.05, 4.69) is 22.1 Å². The van der Waals surface area contributed by atoms with E-state index in [1.54, 1.807) is 19.2 Å². The molecule has 27 heavy (non-hydrogen) atoms. The van der Waals surface area contributed by atoms with Gasteiger partial charge in [0, 0.05) is 49.9 Å². The lowest BCUT2D eigenvalue weighted by atomic mass is 10.1. The minimum Gasteiger partial charge on any atom is -0.462 e. The van der Waals surface area contributed by atoms with Gasteiger partial charge in [0.25, 0.3) is 0 Å². The molecule has 142 valence electrons. The molecule has 0 atom stereocenters. The summed E-state index contributed by atoms with van der Waals surface area (Å²) in [6.45, 7) is 9.27. The first kappa shape index (κ1) is 19.2. The van der Waals surface area contributed by atoms with Crippen molar-refractivity contribution in [1.29, 1.82) is 0 Å². The fourth-order valence-electron chi connectivity index (χ4n) is 3.21. The molecule has 2 aromatic rings. The molecule has 2 heterocycles. The average molecular weight is 367 g/mol. The third kappa shape index (κ3) is 4.38. The van der Waals surface area contributed by atoms with Gasteiger partial charge in [0.2, 0.25) is 5.43 Å². The SMILES string of the molecule is CCOC(=O)c1cn(CC)c2ccc(C#CCN3CCNCC3)cc2c1=O. The Kier molecular flexibility index (Phi) is 6.28. The third-order valence-electron chi connectivity index (χ3n) is 4.66. The zero-order valence-electron chi connectivity index (χ0n) is 15.9. The Hall–Kier alpha value is -2.62. The Morgan fingerprint density at radius 2 is 2.04 bits per heavy atom.